The van der Waals surface area contributed by atoms with Gasteiger partial charge in [0.05, 0.1) is 32.7 Å². The number of nitrogens with zero attached hydrogens (tertiary/aromatic N) is 2. The zero-order valence-electron chi connectivity index (χ0n) is 22.0. The Balaban J connectivity index is 1.70. The monoisotopic (exact) mass is 591 g/mol. The Hall–Kier alpha value is -2.64. The Bertz CT molecular complexity index is 1660. The number of unbranched alkanes of at least 4 members (excludes halogenated alkanes) is 1. The topological polar surface area (TPSA) is 135 Å². The first-order valence-corrected chi connectivity index (χ1v) is 16.6. The molecule has 210 valence electrons. The van der Waals surface area contributed by atoms with Crippen LogP contribution in [-0.4, -0.2) is 44.0 Å². The normalized spacial score (nSPS) is 15.5. The summed E-state index contributed by atoms with van der Waals surface area (Å²) in [6.45, 7) is 6.62. The standard InChI is InChI=1S/C27H32N2O7S3/c1-4-21(17-26-28(12-14-39(33,34)35)22-9-5-6-10-24(22)36-26)18-27-29(11-7-8-13-38(30,31)32)23-15-19(2)20(3)16-25(23)37-27/h5-6,9-10,15-18H,4,7-8,11-14H2,1-3H3,(H-,30,31,32,33,34,35)/p-1. The van der Waals surface area contributed by atoms with E-state index in [9.17, 15) is 25.9 Å². The molecule has 1 aromatic heterocycles. The van der Waals surface area contributed by atoms with E-state index in [0.29, 0.717) is 36.4 Å². The first kappa shape index (κ1) is 29.3. The van der Waals surface area contributed by atoms with Gasteiger partial charge in [-0.1, -0.05) is 30.8 Å². The zero-order chi connectivity index (χ0) is 28.4. The number of hydrogen-bond donors (Lipinski definition) is 0. The van der Waals surface area contributed by atoms with Gasteiger partial charge in [0.2, 0.25) is 5.58 Å². The highest BCUT2D eigenvalue weighted by atomic mass is 32.2. The van der Waals surface area contributed by atoms with E-state index < -0.39 is 31.7 Å². The summed E-state index contributed by atoms with van der Waals surface area (Å²) >= 11 is 1.62. The smallest absolute Gasteiger partial charge is 0.374 e. The van der Waals surface area contributed by atoms with Crippen LogP contribution in [0.25, 0.3) is 17.2 Å². The van der Waals surface area contributed by atoms with Crippen LogP contribution in [-0.2, 0) is 26.8 Å². The molecule has 0 radical (unpaired) electrons. The molecule has 12 heteroatoms. The summed E-state index contributed by atoms with van der Waals surface area (Å²) in [6, 6.07) is 11.5. The van der Waals surface area contributed by atoms with Gasteiger partial charge < -0.3 is 18.4 Å². The Labute approximate surface area is 233 Å². The lowest BCUT2D eigenvalue weighted by Gasteiger charge is -2.21. The molecule has 3 aromatic rings. The van der Waals surface area contributed by atoms with Crippen molar-refractivity contribution < 1.29 is 34.9 Å². The number of aryl methyl sites for hydroxylation is 3. The van der Waals surface area contributed by atoms with Crippen LogP contribution >= 0.6 is 11.8 Å². The van der Waals surface area contributed by atoms with Crippen LogP contribution < -0.4 is 9.47 Å². The van der Waals surface area contributed by atoms with Gasteiger partial charge >= 0.3 is 5.89 Å². The van der Waals surface area contributed by atoms with E-state index in [1.165, 1.54) is 5.56 Å². The second-order valence-corrected chi connectivity index (χ2v) is 13.6. The summed E-state index contributed by atoms with van der Waals surface area (Å²) in [7, 11) is -8.68. The van der Waals surface area contributed by atoms with Crippen molar-refractivity contribution in [2.24, 2.45) is 0 Å². The number of hydrogen-bond acceptors (Lipinski definition) is 9. The van der Waals surface area contributed by atoms with Gasteiger partial charge in [0, 0.05) is 23.3 Å². The molecule has 2 aromatic carbocycles. The van der Waals surface area contributed by atoms with Gasteiger partial charge in [-0.2, -0.15) is 4.57 Å². The molecular formula is C27H31N2O7S3-. The quantitative estimate of drug-likeness (QED) is 0.180. The fourth-order valence-corrected chi connectivity index (χ4v) is 6.61. The Morgan fingerprint density at radius 3 is 2.41 bits per heavy atom. The van der Waals surface area contributed by atoms with Crippen molar-refractivity contribution in [3.8, 4) is 0 Å². The van der Waals surface area contributed by atoms with Crippen LogP contribution in [0.1, 0.15) is 43.2 Å². The van der Waals surface area contributed by atoms with Crippen LogP contribution in [0, 0.1) is 13.8 Å². The molecule has 0 bridgehead atoms. The van der Waals surface area contributed by atoms with Crippen LogP contribution in [0.3, 0.4) is 0 Å². The molecular weight excluding hydrogens is 561 g/mol. The highest BCUT2D eigenvalue weighted by Gasteiger charge is 2.27. The lowest BCUT2D eigenvalue weighted by Crippen LogP contribution is -2.38. The summed E-state index contributed by atoms with van der Waals surface area (Å²) in [6.07, 6.45) is 5.36. The summed E-state index contributed by atoms with van der Waals surface area (Å²) in [5.41, 5.74) is 5.55. The van der Waals surface area contributed by atoms with Crippen molar-refractivity contribution in [1.29, 1.82) is 0 Å². The van der Waals surface area contributed by atoms with Crippen LogP contribution in [0.15, 0.2) is 62.4 Å². The average molecular weight is 592 g/mol. The molecule has 1 aliphatic heterocycles. The van der Waals surface area contributed by atoms with Gasteiger partial charge in [-0.05, 0) is 74.1 Å². The highest BCUT2D eigenvalue weighted by molar-refractivity contribution is 8.03. The molecule has 0 atom stereocenters. The van der Waals surface area contributed by atoms with Gasteiger partial charge in [-0.25, -0.2) is 16.8 Å². The molecule has 0 aliphatic carbocycles. The number of benzene rings is 2. The average Bonchev–Trinajstić information content (AvgIpc) is 3.36. The number of rotatable bonds is 11. The number of para-hydroxylation sites is 2. The second kappa shape index (κ2) is 11.8. The van der Waals surface area contributed by atoms with Gasteiger partial charge in [0.1, 0.15) is 10.1 Å². The molecule has 0 N–H and O–H groups in total. The SMILES string of the molecule is CCC(/C=C1\Sc2cc(C)c(C)cc2N1CCCCS(=O)(=O)[O-])=C\c1oc2ccccc2[n+]1CCS(=O)(=O)[O-]. The minimum atomic E-state index is -4.42. The van der Waals surface area contributed by atoms with Gasteiger partial charge in [-0.15, -0.1) is 0 Å². The summed E-state index contributed by atoms with van der Waals surface area (Å²) < 4.78 is 75.0. The summed E-state index contributed by atoms with van der Waals surface area (Å²) in [5.74, 6) is -0.507. The molecule has 9 nitrogen and oxygen atoms in total. The molecule has 2 heterocycles. The van der Waals surface area contributed by atoms with Crippen molar-refractivity contribution in [3.05, 3.63) is 70.1 Å². The number of aromatic nitrogens is 1. The number of oxazole rings is 1. The van der Waals surface area contributed by atoms with E-state index in [1.54, 1.807) is 22.4 Å². The molecule has 0 fully saturated rings. The maximum Gasteiger partial charge on any atom is 0.374 e. The predicted octanol–water partition coefficient (Wildman–Crippen LogP) is 4.45. The van der Waals surface area contributed by atoms with Crippen LogP contribution in [0.5, 0.6) is 0 Å². The molecule has 0 spiro atoms. The molecule has 0 saturated carbocycles. The Morgan fingerprint density at radius 1 is 1.03 bits per heavy atom. The Kier molecular flexibility index (Phi) is 8.91. The van der Waals surface area contributed by atoms with E-state index in [1.807, 2.05) is 44.2 Å². The largest absolute Gasteiger partial charge is 0.748 e. The van der Waals surface area contributed by atoms with E-state index in [-0.39, 0.29) is 13.0 Å². The number of thioether (sulfide) groups is 1. The first-order chi connectivity index (χ1) is 18.3. The predicted molar refractivity (Wildman–Crippen MR) is 150 cm³/mol. The van der Waals surface area contributed by atoms with Crippen molar-refractivity contribution in [3.63, 3.8) is 0 Å². The van der Waals surface area contributed by atoms with E-state index >= 15 is 0 Å². The molecule has 0 amide bonds. The van der Waals surface area contributed by atoms with Crippen molar-refractivity contribution >= 4 is 54.9 Å². The fraction of sp³-hybridized carbons (Fsp3) is 0.370. The zero-order valence-corrected chi connectivity index (χ0v) is 24.5. The maximum atomic E-state index is 11.4. The summed E-state index contributed by atoms with van der Waals surface area (Å²) in [5, 5.41) is 0.956. The van der Waals surface area contributed by atoms with Crippen molar-refractivity contribution in [1.82, 2.24) is 0 Å². The van der Waals surface area contributed by atoms with Gasteiger partial charge in [0.25, 0.3) is 5.52 Å². The minimum absolute atomic E-state index is 0.0320. The Morgan fingerprint density at radius 2 is 1.72 bits per heavy atom. The summed E-state index contributed by atoms with van der Waals surface area (Å²) in [4.78, 5) is 3.24. The molecule has 1 aliphatic rings. The molecule has 4 rings (SSSR count). The lowest BCUT2D eigenvalue weighted by atomic mass is 10.1. The third-order valence-corrected chi connectivity index (χ3v) is 9.17. The highest BCUT2D eigenvalue weighted by Crippen LogP contribution is 2.47. The maximum absolute atomic E-state index is 11.4. The first-order valence-electron chi connectivity index (χ1n) is 12.6. The number of allylic oxidation sites excluding steroid dienone is 2. The number of fused-ring (bicyclic) bond motifs is 2. The van der Waals surface area contributed by atoms with Gasteiger partial charge in [-0.3, -0.25) is 0 Å². The van der Waals surface area contributed by atoms with Crippen LogP contribution in [0.2, 0.25) is 0 Å². The second-order valence-electron chi connectivity index (χ2n) is 9.50. The molecule has 0 saturated heterocycles. The van der Waals surface area contributed by atoms with Crippen molar-refractivity contribution in [2.75, 3.05) is 23.0 Å². The lowest BCUT2D eigenvalue weighted by molar-refractivity contribution is -0.673. The third kappa shape index (κ3) is 7.52. The molecule has 0 unspecified atom stereocenters. The van der Waals surface area contributed by atoms with E-state index in [2.05, 4.69) is 24.0 Å². The van der Waals surface area contributed by atoms with E-state index in [4.69, 9.17) is 4.42 Å². The van der Waals surface area contributed by atoms with E-state index in [0.717, 1.165) is 26.7 Å². The number of anilines is 1. The third-order valence-electron chi connectivity index (χ3n) is 6.60. The minimum Gasteiger partial charge on any atom is -0.748 e. The van der Waals surface area contributed by atoms with Gasteiger partial charge in [0.15, 0.2) is 6.54 Å². The van der Waals surface area contributed by atoms with Crippen LogP contribution in [0.4, 0.5) is 5.69 Å². The fourth-order valence-electron chi connectivity index (χ4n) is 4.40. The van der Waals surface area contributed by atoms with Crippen molar-refractivity contribution in [2.45, 2.75) is 51.5 Å². The molecule has 39 heavy (non-hydrogen) atoms.